The molecule has 138 valence electrons. The summed E-state index contributed by atoms with van der Waals surface area (Å²) < 4.78 is 26.9. The third kappa shape index (κ3) is 2.84. The Morgan fingerprint density at radius 1 is 1.20 bits per heavy atom. The normalized spacial score (nSPS) is 38.1. The van der Waals surface area contributed by atoms with E-state index in [1.54, 1.807) is 6.07 Å². The molecule has 2 heterocycles. The summed E-state index contributed by atoms with van der Waals surface area (Å²) >= 11 is 0. The summed E-state index contributed by atoms with van der Waals surface area (Å²) in [7, 11) is 0. The van der Waals surface area contributed by atoms with Gasteiger partial charge in [-0.15, -0.1) is 0 Å². The summed E-state index contributed by atoms with van der Waals surface area (Å²) in [5.41, 5.74) is 0.367. The average molecular weight is 346 g/mol. The Hall–Kier alpha value is -0.930. The maximum absolute atomic E-state index is 13.9. The molecule has 2 aliphatic heterocycles. The van der Waals surface area contributed by atoms with E-state index in [-0.39, 0.29) is 23.1 Å². The molecule has 1 saturated carbocycles. The van der Waals surface area contributed by atoms with Gasteiger partial charge >= 0.3 is 0 Å². The van der Waals surface area contributed by atoms with Crippen LogP contribution in [0.1, 0.15) is 64.9 Å². The molecule has 1 aliphatic carbocycles. The zero-order valence-electron chi connectivity index (χ0n) is 15.8. The zero-order chi connectivity index (χ0) is 17.7. The fraction of sp³-hybridized carbons (Fsp3) is 0.727. The minimum absolute atomic E-state index is 0.0519. The Labute approximate surface area is 151 Å². The summed E-state index contributed by atoms with van der Waals surface area (Å²) in [6, 6.07) is 6.90. The van der Waals surface area contributed by atoms with Crippen molar-refractivity contribution in [2.45, 2.75) is 83.2 Å². The maximum atomic E-state index is 13.9. The minimum Gasteiger partial charge on any atom is -0.370 e. The fourth-order valence-electron chi connectivity index (χ4n) is 5.80. The lowest BCUT2D eigenvalue weighted by Crippen LogP contribution is -2.46. The number of rotatable bonds is 5. The van der Waals surface area contributed by atoms with E-state index in [2.05, 4.69) is 20.8 Å². The van der Waals surface area contributed by atoms with Crippen LogP contribution in [0.3, 0.4) is 0 Å². The monoisotopic (exact) mass is 346 g/mol. The van der Waals surface area contributed by atoms with Gasteiger partial charge in [0.2, 0.25) is 0 Å². The van der Waals surface area contributed by atoms with E-state index in [1.165, 1.54) is 31.7 Å². The van der Waals surface area contributed by atoms with Crippen LogP contribution in [0.25, 0.3) is 0 Å². The van der Waals surface area contributed by atoms with Crippen LogP contribution in [0.4, 0.5) is 4.39 Å². The molecule has 3 heteroatoms. The highest BCUT2D eigenvalue weighted by Gasteiger charge is 2.66. The number of hydrogen-bond acceptors (Lipinski definition) is 2. The number of fused-ring (bicyclic) bond motifs is 2. The first kappa shape index (κ1) is 17.5. The molecule has 3 aliphatic rings. The van der Waals surface area contributed by atoms with Crippen molar-refractivity contribution in [3.8, 4) is 0 Å². The summed E-state index contributed by atoms with van der Waals surface area (Å²) in [5.74, 6) is 1.78. The van der Waals surface area contributed by atoms with Gasteiger partial charge in [-0.05, 0) is 37.2 Å². The Morgan fingerprint density at radius 2 is 1.92 bits per heavy atom. The summed E-state index contributed by atoms with van der Waals surface area (Å²) in [5, 5.41) is 0. The first-order valence-corrected chi connectivity index (χ1v) is 10.00. The molecule has 4 rings (SSSR count). The van der Waals surface area contributed by atoms with E-state index < -0.39 is 0 Å². The molecule has 0 aromatic heterocycles. The maximum Gasteiger partial charge on any atom is 0.128 e. The second kappa shape index (κ2) is 6.35. The first-order chi connectivity index (χ1) is 11.9. The van der Waals surface area contributed by atoms with Gasteiger partial charge in [-0.2, -0.15) is 0 Å². The van der Waals surface area contributed by atoms with Gasteiger partial charge in [-0.1, -0.05) is 57.7 Å². The Balaban J connectivity index is 1.51. The molecule has 1 unspecified atom stereocenters. The van der Waals surface area contributed by atoms with E-state index in [9.17, 15) is 4.39 Å². The van der Waals surface area contributed by atoms with Crippen LogP contribution in [0.5, 0.6) is 0 Å². The quantitative estimate of drug-likeness (QED) is 0.701. The van der Waals surface area contributed by atoms with E-state index in [0.717, 1.165) is 18.8 Å². The molecule has 1 aromatic rings. The zero-order valence-corrected chi connectivity index (χ0v) is 15.8. The number of hydrogen-bond donors (Lipinski definition) is 0. The topological polar surface area (TPSA) is 18.5 Å². The predicted molar refractivity (Wildman–Crippen MR) is 96.7 cm³/mol. The molecule has 3 fully saturated rings. The summed E-state index contributed by atoms with van der Waals surface area (Å²) in [6.07, 6.45) is 7.58. The number of ether oxygens (including phenoxy) is 2. The highest BCUT2D eigenvalue weighted by molar-refractivity contribution is 5.18. The van der Waals surface area contributed by atoms with Crippen LogP contribution in [0, 0.1) is 23.6 Å². The van der Waals surface area contributed by atoms with Crippen molar-refractivity contribution in [1.82, 2.24) is 0 Å². The van der Waals surface area contributed by atoms with Crippen LogP contribution in [-0.2, 0) is 16.1 Å². The van der Waals surface area contributed by atoms with Gasteiger partial charge < -0.3 is 9.47 Å². The van der Waals surface area contributed by atoms with Crippen LogP contribution < -0.4 is 0 Å². The van der Waals surface area contributed by atoms with Crippen molar-refractivity contribution in [2.24, 2.45) is 17.8 Å². The molecule has 0 spiro atoms. The molecule has 4 atom stereocenters. The molecule has 0 N–H and O–H groups in total. The minimum atomic E-state index is -0.219. The highest BCUT2D eigenvalue weighted by Crippen LogP contribution is 2.61. The van der Waals surface area contributed by atoms with Crippen LogP contribution >= 0.6 is 0 Å². The average Bonchev–Trinajstić information content (AvgIpc) is 3.26. The van der Waals surface area contributed by atoms with Gasteiger partial charge in [-0.3, -0.25) is 0 Å². The first-order valence-electron chi connectivity index (χ1n) is 10.00. The Kier molecular flexibility index (Phi) is 4.44. The Bertz CT molecular complexity index is 624. The van der Waals surface area contributed by atoms with E-state index in [0.29, 0.717) is 24.0 Å². The van der Waals surface area contributed by atoms with Gasteiger partial charge in [0.15, 0.2) is 0 Å². The van der Waals surface area contributed by atoms with Crippen LogP contribution in [0.2, 0.25) is 0 Å². The third-order valence-electron chi connectivity index (χ3n) is 7.21. The van der Waals surface area contributed by atoms with E-state index in [1.807, 2.05) is 12.1 Å². The predicted octanol–water partition coefficient (Wildman–Crippen LogP) is 5.49. The smallest absolute Gasteiger partial charge is 0.128 e. The van der Waals surface area contributed by atoms with Crippen molar-refractivity contribution in [1.29, 1.82) is 0 Å². The lowest BCUT2D eigenvalue weighted by atomic mass is 9.63. The fourth-order valence-corrected chi connectivity index (χ4v) is 5.80. The largest absolute Gasteiger partial charge is 0.370 e. The Morgan fingerprint density at radius 3 is 2.60 bits per heavy atom. The molecular formula is C22H31FO2. The van der Waals surface area contributed by atoms with Gasteiger partial charge in [-0.25, -0.2) is 4.39 Å². The standard InChI is InChI=1S/C22H31FO2/c1-15(2)22-13-20(24-14-17-10-6-7-11-19(17)23)21(3,25-22)12-18(22)16-8-4-5-9-16/h6-7,10-11,15-16,18,20H,4-5,8-9,12-14H2,1-3H3/t18?,20-,21+,22-/m1/s1. The van der Waals surface area contributed by atoms with Crippen molar-refractivity contribution in [3.05, 3.63) is 35.6 Å². The van der Waals surface area contributed by atoms with Gasteiger partial charge in [0, 0.05) is 12.0 Å². The van der Waals surface area contributed by atoms with Gasteiger partial charge in [0.25, 0.3) is 0 Å². The number of benzene rings is 1. The molecular weight excluding hydrogens is 315 g/mol. The second-order valence-electron chi connectivity index (χ2n) is 8.97. The third-order valence-corrected chi connectivity index (χ3v) is 7.21. The summed E-state index contributed by atoms with van der Waals surface area (Å²) in [6.45, 7) is 7.15. The second-order valence-corrected chi connectivity index (χ2v) is 8.97. The van der Waals surface area contributed by atoms with Crippen molar-refractivity contribution < 1.29 is 13.9 Å². The molecule has 2 bridgehead atoms. The van der Waals surface area contributed by atoms with Gasteiger partial charge in [0.05, 0.1) is 23.9 Å². The van der Waals surface area contributed by atoms with Gasteiger partial charge in [0.1, 0.15) is 5.82 Å². The van der Waals surface area contributed by atoms with E-state index in [4.69, 9.17) is 9.47 Å². The van der Waals surface area contributed by atoms with Crippen molar-refractivity contribution in [2.75, 3.05) is 0 Å². The molecule has 0 radical (unpaired) electrons. The van der Waals surface area contributed by atoms with E-state index >= 15 is 0 Å². The SMILES string of the molecule is CC(C)[C@]12C[C@@H](OCc3ccccc3F)[C@](C)(CC1C1CCCC1)O2. The van der Waals surface area contributed by atoms with Crippen LogP contribution in [0.15, 0.2) is 24.3 Å². The van der Waals surface area contributed by atoms with Crippen molar-refractivity contribution in [3.63, 3.8) is 0 Å². The molecule has 2 saturated heterocycles. The lowest BCUT2D eigenvalue weighted by molar-refractivity contribution is -0.102. The summed E-state index contributed by atoms with van der Waals surface area (Å²) in [4.78, 5) is 0. The number of halogens is 1. The van der Waals surface area contributed by atoms with Crippen molar-refractivity contribution >= 4 is 0 Å². The molecule has 0 amide bonds. The lowest BCUT2D eigenvalue weighted by Gasteiger charge is -2.41. The molecule has 2 nitrogen and oxygen atoms in total. The van der Waals surface area contributed by atoms with Crippen LogP contribution in [-0.4, -0.2) is 17.3 Å². The highest BCUT2D eigenvalue weighted by atomic mass is 19.1. The molecule has 25 heavy (non-hydrogen) atoms. The molecule has 1 aromatic carbocycles.